The molecular formula is C16H14BrClN2O. The van der Waals surface area contributed by atoms with E-state index < -0.39 is 0 Å². The van der Waals surface area contributed by atoms with Crippen LogP contribution >= 0.6 is 15.9 Å². The van der Waals surface area contributed by atoms with Gasteiger partial charge in [-0.1, -0.05) is 6.07 Å². The van der Waals surface area contributed by atoms with Crippen molar-refractivity contribution >= 4 is 38.2 Å². The average molecular weight is 366 g/mol. The topological polar surface area (TPSA) is 46.4 Å². The number of H-pyrrole nitrogens is 1. The van der Waals surface area contributed by atoms with Gasteiger partial charge < -0.3 is 22.8 Å². The number of nitrogens with one attached hydrogen (secondary N) is 2. The number of aryl methyl sites for hydroxylation is 1. The van der Waals surface area contributed by atoms with Crippen molar-refractivity contribution in [1.82, 2.24) is 0 Å². The lowest BCUT2D eigenvalue weighted by atomic mass is 10.1. The summed E-state index contributed by atoms with van der Waals surface area (Å²) in [6, 6.07) is 15.2. The lowest BCUT2D eigenvalue weighted by Gasteiger charge is -2.09. The molecule has 3 N–H and O–H groups in total. The Morgan fingerprint density at radius 2 is 1.81 bits per heavy atom. The van der Waals surface area contributed by atoms with Crippen molar-refractivity contribution in [2.45, 2.75) is 6.92 Å². The molecule has 3 nitrogen and oxygen atoms in total. The predicted octanol–water partition coefficient (Wildman–Crippen LogP) is 1.18. The summed E-state index contributed by atoms with van der Waals surface area (Å²) in [5.41, 5.74) is 4.11. The molecule has 0 saturated heterocycles. The quantitative estimate of drug-likeness (QED) is 0.670. The summed E-state index contributed by atoms with van der Waals surface area (Å²) in [7, 11) is 0. The molecule has 0 amide bonds. The van der Waals surface area contributed by atoms with Crippen molar-refractivity contribution in [2.24, 2.45) is 0 Å². The highest BCUT2D eigenvalue weighted by Crippen LogP contribution is 2.29. The monoisotopic (exact) mass is 364 g/mol. The van der Waals surface area contributed by atoms with Gasteiger partial charge in [-0.3, -0.25) is 0 Å². The molecule has 0 aliphatic heterocycles. The molecule has 3 aromatic rings. The van der Waals surface area contributed by atoms with Gasteiger partial charge in [0.15, 0.2) is 5.69 Å². The van der Waals surface area contributed by atoms with Gasteiger partial charge >= 0.3 is 0 Å². The number of hydrogen-bond acceptors (Lipinski definition) is 2. The molecule has 0 fully saturated rings. The minimum Gasteiger partial charge on any atom is -1.00 e. The summed E-state index contributed by atoms with van der Waals surface area (Å²) in [6.45, 7) is 2.03. The zero-order valence-electron chi connectivity index (χ0n) is 11.3. The van der Waals surface area contributed by atoms with Crippen LogP contribution < -0.4 is 22.7 Å². The van der Waals surface area contributed by atoms with Gasteiger partial charge in [0.1, 0.15) is 5.75 Å². The summed E-state index contributed by atoms with van der Waals surface area (Å²) in [5, 5.41) is 13.8. The predicted molar refractivity (Wildman–Crippen MR) is 84.3 cm³/mol. The van der Waals surface area contributed by atoms with Crippen LogP contribution in [0.25, 0.3) is 10.9 Å². The van der Waals surface area contributed by atoms with E-state index >= 15 is 0 Å². The maximum absolute atomic E-state index is 9.34. The van der Waals surface area contributed by atoms with Crippen LogP contribution in [0, 0.1) is 6.92 Å². The van der Waals surface area contributed by atoms with Crippen LogP contribution in [-0.4, -0.2) is 5.11 Å². The number of para-hydroxylation sites is 1. The lowest BCUT2D eigenvalue weighted by Crippen LogP contribution is -3.00. The Bertz CT molecular complexity index is 775. The van der Waals surface area contributed by atoms with Gasteiger partial charge in [-0.15, -0.1) is 0 Å². The minimum absolute atomic E-state index is 0. The number of benzene rings is 2. The second-order valence-corrected chi connectivity index (χ2v) is 5.55. The summed E-state index contributed by atoms with van der Waals surface area (Å²) >= 11 is 3.57. The molecular weight excluding hydrogens is 352 g/mol. The third kappa shape index (κ3) is 3.28. The molecule has 2 aromatic carbocycles. The van der Waals surface area contributed by atoms with Crippen LogP contribution in [0.3, 0.4) is 0 Å². The van der Waals surface area contributed by atoms with Crippen molar-refractivity contribution in [3.05, 3.63) is 58.7 Å². The first-order valence-electron chi connectivity index (χ1n) is 6.31. The van der Waals surface area contributed by atoms with E-state index in [0.717, 1.165) is 32.4 Å². The second-order valence-electron chi connectivity index (χ2n) is 4.70. The van der Waals surface area contributed by atoms with Crippen LogP contribution in [0.2, 0.25) is 0 Å². The minimum atomic E-state index is 0. The van der Waals surface area contributed by atoms with Gasteiger partial charge in [-0.25, -0.2) is 4.98 Å². The highest BCUT2D eigenvalue weighted by atomic mass is 79.9. The van der Waals surface area contributed by atoms with Crippen molar-refractivity contribution in [2.75, 3.05) is 5.32 Å². The van der Waals surface area contributed by atoms with E-state index in [2.05, 4.69) is 38.4 Å². The fourth-order valence-electron chi connectivity index (χ4n) is 2.21. The molecule has 0 atom stereocenters. The Labute approximate surface area is 137 Å². The number of halogens is 2. The Morgan fingerprint density at radius 3 is 2.52 bits per heavy atom. The number of aromatic hydroxyl groups is 1. The van der Waals surface area contributed by atoms with Crippen LogP contribution in [0.4, 0.5) is 11.4 Å². The van der Waals surface area contributed by atoms with Gasteiger partial charge in [0.05, 0.1) is 15.5 Å². The van der Waals surface area contributed by atoms with Gasteiger partial charge in [-0.2, -0.15) is 0 Å². The van der Waals surface area contributed by atoms with Crippen molar-refractivity contribution < 1.29 is 22.5 Å². The Balaban J connectivity index is 0.00000161. The van der Waals surface area contributed by atoms with Crippen molar-refractivity contribution in [3.63, 3.8) is 0 Å². The average Bonchev–Trinajstić information content (AvgIpc) is 2.42. The van der Waals surface area contributed by atoms with E-state index in [4.69, 9.17) is 0 Å². The molecule has 1 heterocycles. The van der Waals surface area contributed by atoms with E-state index in [1.807, 2.05) is 31.2 Å². The van der Waals surface area contributed by atoms with Crippen LogP contribution in [0.1, 0.15) is 5.69 Å². The first-order valence-corrected chi connectivity index (χ1v) is 7.10. The number of phenolic OH excluding ortho intramolecular Hbond substituents is 1. The van der Waals surface area contributed by atoms with Gasteiger partial charge in [0, 0.05) is 18.7 Å². The van der Waals surface area contributed by atoms with Crippen LogP contribution in [-0.2, 0) is 0 Å². The molecule has 5 heteroatoms. The number of hydrogen-bond donors (Lipinski definition) is 2. The summed E-state index contributed by atoms with van der Waals surface area (Å²) in [5.74, 6) is 0.265. The van der Waals surface area contributed by atoms with E-state index in [9.17, 15) is 5.11 Å². The number of pyridine rings is 1. The molecule has 0 aliphatic carbocycles. The largest absolute Gasteiger partial charge is 1.00 e. The van der Waals surface area contributed by atoms with Crippen LogP contribution in [0.15, 0.2) is 53.0 Å². The SMILES string of the molecule is Cc1cc(Nc2ccc(O)cc2)c2cccc(Br)c2[nH+]1.[Cl-]. The molecule has 21 heavy (non-hydrogen) atoms. The summed E-state index contributed by atoms with van der Waals surface area (Å²) in [4.78, 5) is 3.37. The van der Waals surface area contributed by atoms with E-state index in [1.54, 1.807) is 12.1 Å². The first-order chi connectivity index (χ1) is 9.63. The highest BCUT2D eigenvalue weighted by molar-refractivity contribution is 9.10. The Morgan fingerprint density at radius 1 is 1.10 bits per heavy atom. The number of phenols is 1. The Kier molecular flexibility index (Phi) is 4.70. The van der Waals surface area contributed by atoms with Crippen molar-refractivity contribution in [3.8, 4) is 5.75 Å². The van der Waals surface area contributed by atoms with Crippen LogP contribution in [0.5, 0.6) is 5.75 Å². The normalized spacial score (nSPS) is 10.2. The number of fused-ring (bicyclic) bond motifs is 1. The number of aromatic nitrogens is 1. The van der Waals surface area contributed by atoms with E-state index in [1.165, 1.54) is 0 Å². The molecule has 0 bridgehead atoms. The maximum Gasteiger partial charge on any atom is 0.227 e. The van der Waals surface area contributed by atoms with E-state index in [-0.39, 0.29) is 18.2 Å². The second kappa shape index (κ2) is 6.33. The third-order valence-electron chi connectivity index (χ3n) is 3.13. The highest BCUT2D eigenvalue weighted by Gasteiger charge is 2.12. The fourth-order valence-corrected chi connectivity index (χ4v) is 2.67. The van der Waals surface area contributed by atoms with Gasteiger partial charge in [0.25, 0.3) is 0 Å². The smallest absolute Gasteiger partial charge is 0.227 e. The molecule has 1 aromatic heterocycles. The zero-order valence-corrected chi connectivity index (χ0v) is 13.7. The molecule has 0 spiro atoms. The van der Waals surface area contributed by atoms with Gasteiger partial charge in [0.2, 0.25) is 5.52 Å². The first kappa shape index (κ1) is 15.6. The number of rotatable bonds is 2. The summed E-state index contributed by atoms with van der Waals surface area (Å²) < 4.78 is 1.03. The van der Waals surface area contributed by atoms with Crippen molar-refractivity contribution in [1.29, 1.82) is 0 Å². The standard InChI is InChI=1S/C16H13BrN2O.ClH/c1-10-9-15(19-11-5-7-12(20)8-6-11)13-3-2-4-14(17)16(13)18-10;/h2-9,20H,1H3,(H,18,19);1H. The fraction of sp³-hybridized carbons (Fsp3) is 0.0625. The third-order valence-corrected chi connectivity index (χ3v) is 3.79. The molecule has 0 radical (unpaired) electrons. The lowest BCUT2D eigenvalue weighted by molar-refractivity contribution is -0.355. The number of aromatic amines is 1. The molecule has 108 valence electrons. The number of anilines is 2. The molecule has 0 unspecified atom stereocenters. The zero-order chi connectivity index (χ0) is 14.1. The maximum atomic E-state index is 9.34. The Hall–Kier alpha value is -1.78. The van der Waals surface area contributed by atoms with Gasteiger partial charge in [-0.05, 0) is 52.3 Å². The molecule has 0 aliphatic rings. The molecule has 0 saturated carbocycles. The van der Waals surface area contributed by atoms with E-state index in [0.29, 0.717) is 0 Å². The molecule has 3 rings (SSSR count). The summed E-state index contributed by atoms with van der Waals surface area (Å²) in [6.07, 6.45) is 0.